The lowest BCUT2D eigenvalue weighted by Gasteiger charge is -2.40. The first-order chi connectivity index (χ1) is 11.7. The highest BCUT2D eigenvalue weighted by molar-refractivity contribution is 7.92. The molecule has 8 heteroatoms. The summed E-state index contributed by atoms with van der Waals surface area (Å²) in [7, 11) is -1.26. The van der Waals surface area contributed by atoms with Gasteiger partial charge in [-0.3, -0.25) is 9.89 Å². The van der Waals surface area contributed by atoms with Crippen molar-refractivity contribution in [3.8, 4) is 0 Å². The van der Waals surface area contributed by atoms with Gasteiger partial charge in [-0.2, -0.15) is 0 Å². The highest BCUT2D eigenvalue weighted by Gasteiger charge is 2.41. The lowest BCUT2D eigenvalue weighted by atomic mass is 10.2. The van der Waals surface area contributed by atoms with Gasteiger partial charge in [-0.1, -0.05) is 6.92 Å². The van der Waals surface area contributed by atoms with Gasteiger partial charge in [-0.25, -0.2) is 8.42 Å². The number of nitrogens with one attached hydrogen (secondary N) is 1. The van der Waals surface area contributed by atoms with Crippen molar-refractivity contribution < 1.29 is 8.42 Å². The van der Waals surface area contributed by atoms with E-state index in [4.69, 9.17) is 0 Å². The molecule has 0 radical (unpaired) electrons. The van der Waals surface area contributed by atoms with Gasteiger partial charge in [0.05, 0.1) is 10.5 Å². The predicted molar refractivity (Wildman–Crippen MR) is 104 cm³/mol. The molecule has 2 rings (SSSR count). The van der Waals surface area contributed by atoms with E-state index in [-0.39, 0.29) is 5.75 Å². The second-order valence-corrected chi connectivity index (χ2v) is 10.5. The minimum absolute atomic E-state index is 0.190. The van der Waals surface area contributed by atoms with Crippen molar-refractivity contribution in [2.45, 2.75) is 38.5 Å². The van der Waals surface area contributed by atoms with Gasteiger partial charge in [0.25, 0.3) is 0 Å². The van der Waals surface area contributed by atoms with Crippen LogP contribution < -0.4 is 5.32 Å². The first kappa shape index (κ1) is 20.5. The molecule has 0 aromatic heterocycles. The number of piperazine rings is 1. The molecule has 2 heterocycles. The maximum absolute atomic E-state index is 12.2. The van der Waals surface area contributed by atoms with Crippen molar-refractivity contribution in [1.29, 1.82) is 0 Å². The summed E-state index contributed by atoms with van der Waals surface area (Å²) >= 11 is 0. The second-order valence-electron chi connectivity index (χ2n) is 7.75. The van der Waals surface area contributed by atoms with E-state index in [9.17, 15) is 8.42 Å². The third-order valence-electron chi connectivity index (χ3n) is 5.59. The number of nitrogens with zero attached hydrogens (tertiary/aromatic N) is 4. The first-order valence-corrected chi connectivity index (χ1v) is 11.0. The summed E-state index contributed by atoms with van der Waals surface area (Å²) in [6, 6.07) is 0.428. The maximum atomic E-state index is 12.2. The van der Waals surface area contributed by atoms with E-state index in [2.05, 4.69) is 38.9 Å². The highest BCUT2D eigenvalue weighted by atomic mass is 32.2. The van der Waals surface area contributed by atoms with Crippen molar-refractivity contribution in [2.24, 2.45) is 4.99 Å². The van der Waals surface area contributed by atoms with Gasteiger partial charge < -0.3 is 15.1 Å². The number of hydrogen-bond acceptors (Lipinski definition) is 5. The SMILES string of the molecule is CCN1CCN(C(C)CNC(=NC)N2CCS(=O)(=O)C(C)(C)C2)CC1. The topological polar surface area (TPSA) is 68.2 Å². The van der Waals surface area contributed by atoms with Crippen LogP contribution in [-0.2, 0) is 9.84 Å². The monoisotopic (exact) mass is 373 g/mol. The van der Waals surface area contributed by atoms with E-state index in [0.29, 0.717) is 19.1 Å². The number of rotatable bonds is 4. The van der Waals surface area contributed by atoms with Gasteiger partial charge >= 0.3 is 0 Å². The molecule has 2 aliphatic rings. The third-order valence-corrected chi connectivity index (χ3v) is 8.12. The third kappa shape index (κ3) is 4.86. The van der Waals surface area contributed by atoms with Crippen molar-refractivity contribution in [1.82, 2.24) is 20.0 Å². The second kappa shape index (κ2) is 8.22. The molecule has 0 aromatic rings. The van der Waals surface area contributed by atoms with Crippen molar-refractivity contribution in [3.63, 3.8) is 0 Å². The van der Waals surface area contributed by atoms with Crippen molar-refractivity contribution in [2.75, 3.05) is 65.2 Å². The minimum atomic E-state index is -3.03. The van der Waals surface area contributed by atoms with E-state index < -0.39 is 14.6 Å². The Morgan fingerprint density at radius 2 is 1.84 bits per heavy atom. The summed E-state index contributed by atoms with van der Waals surface area (Å²) in [5.74, 6) is 0.997. The number of hydrogen-bond donors (Lipinski definition) is 1. The molecular formula is C17H35N5O2S. The zero-order chi connectivity index (χ0) is 18.7. The Labute approximate surface area is 153 Å². The summed E-state index contributed by atoms with van der Waals surface area (Å²) in [4.78, 5) is 11.4. The van der Waals surface area contributed by atoms with Crippen molar-refractivity contribution >= 4 is 15.8 Å². The fraction of sp³-hybridized carbons (Fsp3) is 0.941. The minimum Gasteiger partial charge on any atom is -0.355 e. The molecule has 2 saturated heterocycles. The standard InChI is InChI=1S/C17H35N5O2S/c1-6-20-7-9-21(10-8-20)15(2)13-19-16(18-5)22-11-12-25(23,24)17(3,4)14-22/h15H,6-14H2,1-5H3,(H,18,19). The molecule has 1 unspecified atom stereocenters. The average Bonchev–Trinajstić information content (AvgIpc) is 2.58. The Morgan fingerprint density at radius 3 is 2.36 bits per heavy atom. The van der Waals surface area contributed by atoms with Gasteiger partial charge in [-0.05, 0) is 27.3 Å². The quantitative estimate of drug-likeness (QED) is 0.557. The van der Waals surface area contributed by atoms with Crippen LogP contribution in [0.1, 0.15) is 27.7 Å². The van der Waals surface area contributed by atoms with Crippen LogP contribution in [0, 0.1) is 0 Å². The summed E-state index contributed by atoms with van der Waals surface area (Å²) in [5, 5.41) is 3.45. The molecular weight excluding hydrogens is 338 g/mol. The zero-order valence-corrected chi connectivity index (χ0v) is 17.3. The predicted octanol–water partition coefficient (Wildman–Crippen LogP) is 0.0968. The number of guanidine groups is 1. The largest absolute Gasteiger partial charge is 0.355 e. The molecule has 7 nitrogen and oxygen atoms in total. The molecule has 0 spiro atoms. The Hall–Kier alpha value is -0.860. The molecule has 1 atom stereocenters. The fourth-order valence-electron chi connectivity index (χ4n) is 3.55. The van der Waals surface area contributed by atoms with Gasteiger partial charge in [0.2, 0.25) is 0 Å². The molecule has 146 valence electrons. The molecule has 0 saturated carbocycles. The Kier molecular flexibility index (Phi) is 6.73. The Balaban J connectivity index is 1.87. The van der Waals surface area contributed by atoms with E-state index in [1.807, 2.05) is 0 Å². The van der Waals surface area contributed by atoms with E-state index >= 15 is 0 Å². The van der Waals surface area contributed by atoms with Crippen LogP contribution in [0.5, 0.6) is 0 Å². The molecule has 0 aliphatic carbocycles. The molecule has 2 aliphatic heterocycles. The number of aliphatic imine (C=N–C) groups is 1. The van der Waals surface area contributed by atoms with Gasteiger partial charge in [0, 0.05) is 58.9 Å². The van der Waals surface area contributed by atoms with E-state index in [1.165, 1.54) is 0 Å². The summed E-state index contributed by atoms with van der Waals surface area (Å²) in [6.07, 6.45) is 0. The Bertz CT molecular complexity index is 568. The number of sulfone groups is 1. The van der Waals surface area contributed by atoms with E-state index in [1.54, 1.807) is 20.9 Å². The van der Waals surface area contributed by atoms with Crippen LogP contribution in [0.4, 0.5) is 0 Å². The van der Waals surface area contributed by atoms with Crippen molar-refractivity contribution in [3.05, 3.63) is 0 Å². The van der Waals surface area contributed by atoms with Crippen LogP contribution in [0.15, 0.2) is 4.99 Å². The normalized spacial score (nSPS) is 26.4. The maximum Gasteiger partial charge on any atom is 0.193 e. The molecule has 0 amide bonds. The van der Waals surface area contributed by atoms with Crippen LogP contribution in [0.25, 0.3) is 0 Å². The molecule has 1 N–H and O–H groups in total. The lowest BCUT2D eigenvalue weighted by molar-refractivity contribution is 0.107. The molecule has 25 heavy (non-hydrogen) atoms. The number of likely N-dealkylation sites (N-methyl/N-ethyl adjacent to an activating group) is 1. The lowest BCUT2D eigenvalue weighted by Crippen LogP contribution is -2.58. The summed E-state index contributed by atoms with van der Waals surface area (Å²) in [6.45, 7) is 15.5. The van der Waals surface area contributed by atoms with Gasteiger partial charge in [-0.15, -0.1) is 0 Å². The smallest absolute Gasteiger partial charge is 0.193 e. The molecule has 0 bridgehead atoms. The summed E-state index contributed by atoms with van der Waals surface area (Å²) in [5.41, 5.74) is 0. The Morgan fingerprint density at radius 1 is 1.20 bits per heavy atom. The zero-order valence-electron chi connectivity index (χ0n) is 16.5. The van der Waals surface area contributed by atoms with Crippen LogP contribution in [-0.4, -0.2) is 105 Å². The van der Waals surface area contributed by atoms with E-state index in [0.717, 1.165) is 45.2 Å². The summed E-state index contributed by atoms with van der Waals surface area (Å²) < 4.78 is 23.6. The molecule has 2 fully saturated rings. The molecule has 0 aromatic carbocycles. The average molecular weight is 374 g/mol. The van der Waals surface area contributed by atoms with Crippen LogP contribution in [0.2, 0.25) is 0 Å². The first-order valence-electron chi connectivity index (χ1n) is 9.34. The van der Waals surface area contributed by atoms with Crippen LogP contribution >= 0.6 is 0 Å². The highest BCUT2D eigenvalue weighted by Crippen LogP contribution is 2.23. The van der Waals surface area contributed by atoms with Gasteiger partial charge in [0.1, 0.15) is 0 Å². The van der Waals surface area contributed by atoms with Crippen LogP contribution in [0.3, 0.4) is 0 Å². The van der Waals surface area contributed by atoms with Gasteiger partial charge in [0.15, 0.2) is 15.8 Å². The fourth-order valence-corrected chi connectivity index (χ4v) is 4.91.